The summed E-state index contributed by atoms with van der Waals surface area (Å²) in [5, 5.41) is 18.8. The number of amides is 1. The van der Waals surface area contributed by atoms with E-state index in [1.165, 1.54) is 17.5 Å². The van der Waals surface area contributed by atoms with Crippen molar-refractivity contribution < 1.29 is 14.4 Å². The quantitative estimate of drug-likeness (QED) is 0.336. The molecule has 98 valence electrons. The normalized spacial score (nSPS) is 11.3. The van der Waals surface area contributed by atoms with Crippen LogP contribution in [0, 0.1) is 5.82 Å². The second-order valence-electron chi connectivity index (χ2n) is 3.42. The molecule has 2 aromatic rings. The lowest BCUT2D eigenvalue weighted by atomic mass is 10.1. The Morgan fingerprint density at radius 2 is 2.32 bits per heavy atom. The maximum absolute atomic E-state index is 13.4. The highest BCUT2D eigenvalue weighted by molar-refractivity contribution is 7.03. The average Bonchev–Trinajstić information content (AvgIpc) is 2.94. The zero-order valence-corrected chi connectivity index (χ0v) is 10.2. The summed E-state index contributed by atoms with van der Waals surface area (Å²) < 4.78 is 17.0. The fraction of sp³-hybridized carbons (Fsp3) is 0. The molecule has 0 radical (unpaired) electrons. The standard InChI is InChI=1S/C10H8FN5O2S/c11-7-2-1-5(3-6(7)9(12)15-18)13-10(17)8-4-19-16-14-8/h1-4,18H,(H2,12,15)(H,13,17). The molecule has 0 fully saturated rings. The zero-order valence-electron chi connectivity index (χ0n) is 9.37. The maximum Gasteiger partial charge on any atom is 0.277 e. The van der Waals surface area contributed by atoms with Crippen LogP contribution in [-0.4, -0.2) is 26.5 Å². The van der Waals surface area contributed by atoms with Crippen molar-refractivity contribution >= 4 is 29.0 Å². The number of anilines is 1. The number of halogens is 1. The SMILES string of the molecule is NC(=NO)c1cc(NC(=O)c2csnn2)ccc1F. The Kier molecular flexibility index (Phi) is 3.66. The summed E-state index contributed by atoms with van der Waals surface area (Å²) >= 11 is 1.04. The van der Waals surface area contributed by atoms with Crippen LogP contribution in [0.15, 0.2) is 28.7 Å². The predicted molar refractivity (Wildman–Crippen MR) is 66.8 cm³/mol. The molecule has 1 aromatic heterocycles. The molecule has 7 nitrogen and oxygen atoms in total. The Balaban J connectivity index is 2.25. The van der Waals surface area contributed by atoms with Gasteiger partial charge in [-0.2, -0.15) is 0 Å². The van der Waals surface area contributed by atoms with Crippen molar-refractivity contribution in [2.24, 2.45) is 10.9 Å². The molecule has 19 heavy (non-hydrogen) atoms. The third-order valence-corrected chi connectivity index (χ3v) is 2.71. The summed E-state index contributed by atoms with van der Waals surface area (Å²) in [4.78, 5) is 11.7. The molecule has 0 spiro atoms. The van der Waals surface area contributed by atoms with E-state index >= 15 is 0 Å². The first-order valence-corrected chi connectivity index (χ1v) is 5.81. The van der Waals surface area contributed by atoms with Gasteiger partial charge >= 0.3 is 0 Å². The van der Waals surface area contributed by atoms with E-state index in [0.29, 0.717) is 5.69 Å². The van der Waals surface area contributed by atoms with Gasteiger partial charge in [0.05, 0.1) is 5.56 Å². The summed E-state index contributed by atoms with van der Waals surface area (Å²) in [5.41, 5.74) is 5.65. The number of nitrogens with two attached hydrogens (primary N) is 1. The lowest BCUT2D eigenvalue weighted by Gasteiger charge is -2.06. The Morgan fingerprint density at radius 3 is 2.95 bits per heavy atom. The van der Waals surface area contributed by atoms with Crippen molar-refractivity contribution in [3.8, 4) is 0 Å². The number of carbonyl (C=O) groups is 1. The molecule has 0 atom stereocenters. The fourth-order valence-electron chi connectivity index (χ4n) is 1.31. The van der Waals surface area contributed by atoms with Gasteiger partial charge in [-0.25, -0.2) is 4.39 Å². The van der Waals surface area contributed by atoms with Crippen LogP contribution >= 0.6 is 11.5 Å². The van der Waals surface area contributed by atoms with E-state index in [1.807, 2.05) is 0 Å². The molecule has 0 bridgehead atoms. The van der Waals surface area contributed by atoms with Crippen molar-refractivity contribution in [1.29, 1.82) is 0 Å². The summed E-state index contributed by atoms with van der Waals surface area (Å²) in [6.45, 7) is 0. The summed E-state index contributed by atoms with van der Waals surface area (Å²) in [7, 11) is 0. The largest absolute Gasteiger partial charge is 0.409 e. The summed E-state index contributed by atoms with van der Waals surface area (Å²) in [6.07, 6.45) is 0. The molecule has 0 saturated carbocycles. The molecule has 9 heteroatoms. The number of nitrogens with one attached hydrogen (secondary N) is 1. The van der Waals surface area contributed by atoms with E-state index in [4.69, 9.17) is 10.9 Å². The van der Waals surface area contributed by atoms with E-state index < -0.39 is 11.7 Å². The predicted octanol–water partition coefficient (Wildman–Crippen LogP) is 1.02. The van der Waals surface area contributed by atoms with Crippen molar-refractivity contribution in [3.63, 3.8) is 0 Å². The Morgan fingerprint density at radius 1 is 1.53 bits per heavy atom. The van der Waals surface area contributed by atoms with Gasteiger partial charge in [0.15, 0.2) is 11.5 Å². The molecule has 0 unspecified atom stereocenters. The molecular weight excluding hydrogens is 273 g/mol. The topological polar surface area (TPSA) is 113 Å². The van der Waals surface area contributed by atoms with E-state index in [1.54, 1.807) is 0 Å². The van der Waals surface area contributed by atoms with Crippen molar-refractivity contribution in [3.05, 3.63) is 40.7 Å². The highest BCUT2D eigenvalue weighted by Gasteiger charge is 2.12. The number of oxime groups is 1. The first-order chi connectivity index (χ1) is 9.11. The number of amidine groups is 1. The molecule has 1 aromatic carbocycles. The second kappa shape index (κ2) is 5.40. The molecule has 1 heterocycles. The van der Waals surface area contributed by atoms with Crippen LogP contribution in [-0.2, 0) is 0 Å². The Labute approximate surface area is 110 Å². The summed E-state index contributed by atoms with van der Waals surface area (Å²) in [5.74, 6) is -1.53. The zero-order chi connectivity index (χ0) is 13.8. The van der Waals surface area contributed by atoms with Crippen LogP contribution in [0.3, 0.4) is 0 Å². The number of benzene rings is 1. The van der Waals surface area contributed by atoms with E-state index in [9.17, 15) is 9.18 Å². The molecular formula is C10H8FN5O2S. The van der Waals surface area contributed by atoms with Crippen molar-refractivity contribution in [2.45, 2.75) is 0 Å². The minimum absolute atomic E-state index is 0.114. The number of carbonyl (C=O) groups excluding carboxylic acids is 1. The van der Waals surface area contributed by atoms with E-state index in [0.717, 1.165) is 17.6 Å². The highest BCUT2D eigenvalue weighted by Crippen LogP contribution is 2.15. The first kappa shape index (κ1) is 12.9. The van der Waals surface area contributed by atoms with Crippen LogP contribution in [0.2, 0.25) is 0 Å². The maximum atomic E-state index is 13.4. The number of nitrogens with zero attached hydrogens (tertiary/aromatic N) is 3. The molecule has 0 aliphatic rings. The van der Waals surface area contributed by atoms with Gasteiger partial charge in [-0.15, -0.1) is 5.10 Å². The van der Waals surface area contributed by atoms with Crippen LogP contribution in [0.1, 0.15) is 16.1 Å². The van der Waals surface area contributed by atoms with Crippen LogP contribution in [0.4, 0.5) is 10.1 Å². The molecule has 0 aliphatic carbocycles. The smallest absolute Gasteiger partial charge is 0.277 e. The lowest BCUT2D eigenvalue weighted by molar-refractivity contribution is 0.102. The van der Waals surface area contributed by atoms with Crippen LogP contribution in [0.25, 0.3) is 0 Å². The number of aromatic nitrogens is 2. The van der Waals surface area contributed by atoms with Gasteiger partial charge < -0.3 is 16.3 Å². The Hall–Kier alpha value is -2.55. The molecule has 2 rings (SSSR count). The van der Waals surface area contributed by atoms with Gasteiger partial charge in [0.2, 0.25) is 0 Å². The van der Waals surface area contributed by atoms with Crippen molar-refractivity contribution in [1.82, 2.24) is 9.59 Å². The first-order valence-electron chi connectivity index (χ1n) is 4.97. The fourth-order valence-corrected chi connectivity index (χ4v) is 1.75. The van der Waals surface area contributed by atoms with Crippen molar-refractivity contribution in [2.75, 3.05) is 5.32 Å². The van der Waals surface area contributed by atoms with Gasteiger partial charge in [0.25, 0.3) is 5.91 Å². The van der Waals surface area contributed by atoms with Gasteiger partial charge in [-0.05, 0) is 29.7 Å². The second-order valence-corrected chi connectivity index (χ2v) is 4.03. The lowest BCUT2D eigenvalue weighted by Crippen LogP contribution is -2.17. The van der Waals surface area contributed by atoms with Crippen LogP contribution in [0.5, 0.6) is 0 Å². The summed E-state index contributed by atoms with van der Waals surface area (Å²) in [6, 6.07) is 3.70. The number of hydrogen-bond donors (Lipinski definition) is 3. The number of hydrogen-bond acceptors (Lipinski definition) is 6. The monoisotopic (exact) mass is 281 g/mol. The molecule has 0 aliphatic heterocycles. The van der Waals surface area contributed by atoms with Gasteiger partial charge in [0.1, 0.15) is 5.82 Å². The minimum atomic E-state index is -0.663. The molecule has 4 N–H and O–H groups in total. The Bertz CT molecular complexity index is 629. The third-order valence-electron chi connectivity index (χ3n) is 2.20. The van der Waals surface area contributed by atoms with Gasteiger partial charge in [0, 0.05) is 11.1 Å². The molecule has 1 amide bonds. The van der Waals surface area contributed by atoms with E-state index in [2.05, 4.69) is 20.1 Å². The number of rotatable bonds is 3. The van der Waals surface area contributed by atoms with Gasteiger partial charge in [-0.1, -0.05) is 9.64 Å². The van der Waals surface area contributed by atoms with E-state index in [-0.39, 0.29) is 17.1 Å². The minimum Gasteiger partial charge on any atom is -0.409 e. The molecule has 0 saturated heterocycles. The third kappa shape index (κ3) is 2.83. The van der Waals surface area contributed by atoms with Gasteiger partial charge in [-0.3, -0.25) is 4.79 Å². The van der Waals surface area contributed by atoms with Crippen LogP contribution < -0.4 is 11.1 Å². The average molecular weight is 281 g/mol. The highest BCUT2D eigenvalue weighted by atomic mass is 32.1.